The number of benzene rings is 1. The molecule has 1 aromatic carbocycles. The van der Waals surface area contributed by atoms with Crippen LogP contribution in [0.4, 0.5) is 11.8 Å². The van der Waals surface area contributed by atoms with Gasteiger partial charge in [-0.25, -0.2) is 9.97 Å². The van der Waals surface area contributed by atoms with E-state index in [-0.39, 0.29) is 5.91 Å². The molecule has 8 heteroatoms. The van der Waals surface area contributed by atoms with Crippen molar-refractivity contribution in [2.75, 3.05) is 37.4 Å². The largest absolute Gasteiger partial charge is 0.381 e. The molecule has 0 spiro atoms. The third kappa shape index (κ3) is 5.85. The standard InChI is InChI=1S/C24H30N6O2/c1-30(16-18-8-10-32-11-9-18)22-7-4-19(14-26-22)12-23(31)27-13-17-2-5-20(6-3-17)21-15-28-24(25)29-21/h2-7,14-15,18H,8-13,16H2,1H3,(H,27,31)(H3,25,28,29). The molecule has 2 aromatic heterocycles. The number of hydrogen-bond donors (Lipinski definition) is 3. The van der Waals surface area contributed by atoms with Gasteiger partial charge >= 0.3 is 0 Å². The summed E-state index contributed by atoms with van der Waals surface area (Å²) in [5.74, 6) is 1.94. The highest BCUT2D eigenvalue weighted by molar-refractivity contribution is 5.78. The quantitative estimate of drug-likeness (QED) is 0.503. The lowest BCUT2D eigenvalue weighted by Crippen LogP contribution is -2.30. The highest BCUT2D eigenvalue weighted by Crippen LogP contribution is 2.20. The van der Waals surface area contributed by atoms with Gasteiger partial charge < -0.3 is 25.7 Å². The SMILES string of the molecule is CN(CC1CCOCC1)c1ccc(CC(=O)NCc2ccc(-c3cnc(N)[nH]3)cc2)cn1. The molecule has 0 radical (unpaired) electrons. The summed E-state index contributed by atoms with van der Waals surface area (Å²) in [7, 11) is 2.07. The van der Waals surface area contributed by atoms with E-state index in [9.17, 15) is 4.79 Å². The second kappa shape index (κ2) is 10.3. The summed E-state index contributed by atoms with van der Waals surface area (Å²) >= 11 is 0. The molecule has 1 aliphatic rings. The Bertz CT molecular complexity index is 1010. The number of pyridine rings is 1. The van der Waals surface area contributed by atoms with E-state index >= 15 is 0 Å². The first-order valence-electron chi connectivity index (χ1n) is 11.0. The smallest absolute Gasteiger partial charge is 0.224 e. The number of aromatic amines is 1. The monoisotopic (exact) mass is 434 g/mol. The molecule has 0 aliphatic carbocycles. The number of nitrogens with one attached hydrogen (secondary N) is 2. The van der Waals surface area contributed by atoms with Crippen molar-refractivity contribution in [3.8, 4) is 11.3 Å². The normalized spacial score (nSPS) is 14.3. The van der Waals surface area contributed by atoms with Crippen molar-refractivity contribution in [1.82, 2.24) is 20.3 Å². The number of nitrogens with zero attached hydrogens (tertiary/aromatic N) is 3. The summed E-state index contributed by atoms with van der Waals surface area (Å²) in [5.41, 5.74) is 9.42. The molecule has 3 aromatic rings. The van der Waals surface area contributed by atoms with E-state index in [2.05, 4.69) is 32.2 Å². The number of ether oxygens (including phenoxy) is 1. The summed E-state index contributed by atoms with van der Waals surface area (Å²) in [6.45, 7) is 3.15. The molecule has 1 aliphatic heterocycles. The first kappa shape index (κ1) is 21.8. The van der Waals surface area contributed by atoms with Gasteiger partial charge in [0.1, 0.15) is 5.82 Å². The molecule has 4 N–H and O–H groups in total. The molecule has 8 nitrogen and oxygen atoms in total. The second-order valence-electron chi connectivity index (χ2n) is 8.29. The maximum Gasteiger partial charge on any atom is 0.224 e. The van der Waals surface area contributed by atoms with Crippen LogP contribution in [0.1, 0.15) is 24.0 Å². The molecule has 32 heavy (non-hydrogen) atoms. The van der Waals surface area contributed by atoms with Crippen LogP contribution in [0.15, 0.2) is 48.8 Å². The second-order valence-corrected chi connectivity index (χ2v) is 8.29. The highest BCUT2D eigenvalue weighted by atomic mass is 16.5. The Balaban J connectivity index is 1.24. The molecule has 1 fully saturated rings. The molecule has 0 atom stereocenters. The Labute approximate surface area is 188 Å². The summed E-state index contributed by atoms with van der Waals surface area (Å²) in [5, 5.41) is 2.97. The molecule has 1 amide bonds. The predicted octanol–water partition coefficient (Wildman–Crippen LogP) is 2.78. The van der Waals surface area contributed by atoms with Crippen LogP contribution in [0.2, 0.25) is 0 Å². The van der Waals surface area contributed by atoms with Crippen molar-refractivity contribution >= 4 is 17.7 Å². The van der Waals surface area contributed by atoms with Crippen molar-refractivity contribution in [2.24, 2.45) is 5.92 Å². The van der Waals surface area contributed by atoms with Gasteiger partial charge in [-0.3, -0.25) is 4.79 Å². The van der Waals surface area contributed by atoms with Crippen LogP contribution in [0, 0.1) is 5.92 Å². The zero-order chi connectivity index (χ0) is 22.3. The lowest BCUT2D eigenvalue weighted by molar-refractivity contribution is -0.120. The predicted molar refractivity (Wildman–Crippen MR) is 125 cm³/mol. The number of rotatable bonds is 8. The van der Waals surface area contributed by atoms with Crippen molar-refractivity contribution in [3.63, 3.8) is 0 Å². The number of nitrogens with two attached hydrogens (primary N) is 1. The molecular weight excluding hydrogens is 404 g/mol. The molecule has 168 valence electrons. The minimum Gasteiger partial charge on any atom is -0.381 e. The number of carbonyl (C=O) groups is 1. The zero-order valence-electron chi connectivity index (χ0n) is 18.4. The minimum absolute atomic E-state index is 0.0273. The van der Waals surface area contributed by atoms with Gasteiger partial charge in [0.05, 0.1) is 18.3 Å². The molecule has 1 saturated heterocycles. The van der Waals surface area contributed by atoms with Crippen molar-refractivity contribution < 1.29 is 9.53 Å². The molecule has 3 heterocycles. The maximum atomic E-state index is 12.4. The van der Waals surface area contributed by atoms with E-state index in [0.717, 1.165) is 60.8 Å². The zero-order valence-corrected chi connectivity index (χ0v) is 18.4. The van der Waals surface area contributed by atoms with E-state index in [1.165, 1.54) is 0 Å². The van der Waals surface area contributed by atoms with Crippen LogP contribution in [0.5, 0.6) is 0 Å². The molecule has 4 rings (SSSR count). The van der Waals surface area contributed by atoms with Crippen molar-refractivity contribution in [3.05, 3.63) is 59.9 Å². The van der Waals surface area contributed by atoms with Crippen molar-refractivity contribution in [1.29, 1.82) is 0 Å². The molecule has 0 bridgehead atoms. The van der Waals surface area contributed by atoms with Gasteiger partial charge in [-0.2, -0.15) is 0 Å². The third-order valence-corrected chi connectivity index (χ3v) is 5.79. The van der Waals surface area contributed by atoms with Gasteiger partial charge in [-0.15, -0.1) is 0 Å². The average molecular weight is 435 g/mol. The summed E-state index contributed by atoms with van der Waals surface area (Å²) < 4.78 is 5.43. The minimum atomic E-state index is -0.0273. The summed E-state index contributed by atoms with van der Waals surface area (Å²) in [4.78, 5) is 26.1. The number of carbonyl (C=O) groups excluding carboxylic acids is 1. The molecule has 0 saturated carbocycles. The Morgan fingerprint density at radius 3 is 2.53 bits per heavy atom. The summed E-state index contributed by atoms with van der Waals surface area (Å²) in [6, 6.07) is 11.9. The molecular formula is C24H30N6O2. The first-order valence-corrected chi connectivity index (χ1v) is 11.0. The van der Waals surface area contributed by atoms with E-state index in [0.29, 0.717) is 24.8 Å². The van der Waals surface area contributed by atoms with Crippen LogP contribution in [-0.2, 0) is 22.5 Å². The number of hydrogen-bond acceptors (Lipinski definition) is 6. The Hall–Kier alpha value is -3.39. The van der Waals surface area contributed by atoms with Crippen LogP contribution < -0.4 is 16.0 Å². The number of imidazole rings is 1. The number of H-pyrrole nitrogens is 1. The molecule has 0 unspecified atom stereocenters. The number of amides is 1. The lowest BCUT2D eigenvalue weighted by Gasteiger charge is -2.27. The van der Waals surface area contributed by atoms with Crippen LogP contribution in [-0.4, -0.2) is 47.7 Å². The van der Waals surface area contributed by atoms with E-state index in [1.807, 2.05) is 36.4 Å². The van der Waals surface area contributed by atoms with Gasteiger partial charge in [-0.1, -0.05) is 30.3 Å². The van der Waals surface area contributed by atoms with Crippen LogP contribution >= 0.6 is 0 Å². The fourth-order valence-corrected chi connectivity index (χ4v) is 3.89. The highest BCUT2D eigenvalue weighted by Gasteiger charge is 2.16. The van der Waals surface area contributed by atoms with Crippen molar-refractivity contribution in [2.45, 2.75) is 25.8 Å². The van der Waals surface area contributed by atoms with E-state index in [1.54, 1.807) is 12.4 Å². The van der Waals surface area contributed by atoms with Gasteiger partial charge in [0, 0.05) is 39.5 Å². The average Bonchev–Trinajstić information content (AvgIpc) is 3.25. The first-order chi connectivity index (χ1) is 15.6. The number of aromatic nitrogens is 3. The van der Waals surface area contributed by atoms with Crippen LogP contribution in [0.25, 0.3) is 11.3 Å². The fourth-order valence-electron chi connectivity index (χ4n) is 3.89. The number of nitrogen functional groups attached to an aromatic ring is 1. The summed E-state index contributed by atoms with van der Waals surface area (Å²) in [6.07, 6.45) is 6.00. The van der Waals surface area contributed by atoms with E-state index in [4.69, 9.17) is 10.5 Å². The van der Waals surface area contributed by atoms with Gasteiger partial charge in [0.2, 0.25) is 5.91 Å². The van der Waals surface area contributed by atoms with Gasteiger partial charge in [0.25, 0.3) is 0 Å². The van der Waals surface area contributed by atoms with Crippen LogP contribution in [0.3, 0.4) is 0 Å². The number of anilines is 2. The van der Waals surface area contributed by atoms with Gasteiger partial charge in [0.15, 0.2) is 5.95 Å². The Morgan fingerprint density at radius 2 is 1.88 bits per heavy atom. The topological polar surface area (TPSA) is 109 Å². The van der Waals surface area contributed by atoms with Gasteiger partial charge in [-0.05, 0) is 41.5 Å². The fraction of sp³-hybridized carbons (Fsp3) is 0.375. The Kier molecular flexibility index (Phi) is 7.01. The van der Waals surface area contributed by atoms with E-state index < -0.39 is 0 Å². The maximum absolute atomic E-state index is 12.4. The lowest BCUT2D eigenvalue weighted by atomic mass is 10.00. The third-order valence-electron chi connectivity index (χ3n) is 5.79. The Morgan fingerprint density at radius 1 is 1.12 bits per heavy atom.